The Kier molecular flexibility index (Phi) is 1.53. The Balaban J connectivity index is 2.56. The summed E-state index contributed by atoms with van der Waals surface area (Å²) in [5.74, 6) is -1.55. The number of H-pyrrole nitrogens is 1. The van der Waals surface area contributed by atoms with Gasteiger partial charge in [-0.2, -0.15) is 0 Å². The number of nitrogens with zero attached hydrogens (tertiary/aromatic N) is 1. The highest BCUT2D eigenvalue weighted by Crippen LogP contribution is 2.24. The van der Waals surface area contributed by atoms with Gasteiger partial charge >= 0.3 is 11.9 Å². The molecule has 0 aliphatic carbocycles. The van der Waals surface area contributed by atoms with Crippen molar-refractivity contribution in [2.75, 3.05) is 0 Å². The number of aromatic amines is 1. The van der Waals surface area contributed by atoms with Crippen LogP contribution in [-0.4, -0.2) is 21.0 Å². The standard InChI is InChI=1S/C7H4N2O5/c10-7(11)4-1-5-3(8-4)2-6(14-5)9(12)13/h1-2,8H,(H,10,11). The zero-order chi connectivity index (χ0) is 10.3. The summed E-state index contributed by atoms with van der Waals surface area (Å²) in [5.41, 5.74) is 0.400. The van der Waals surface area contributed by atoms with Crippen LogP contribution in [0.1, 0.15) is 10.5 Å². The number of hydrogen-bond donors (Lipinski definition) is 2. The van der Waals surface area contributed by atoms with Crippen molar-refractivity contribution in [1.29, 1.82) is 0 Å². The number of aromatic nitrogens is 1. The third-order valence-corrected chi connectivity index (χ3v) is 1.70. The van der Waals surface area contributed by atoms with Gasteiger partial charge in [-0.05, 0) is 0 Å². The molecule has 0 unspecified atom stereocenters. The Bertz CT molecular complexity index is 448. The summed E-state index contributed by atoms with van der Waals surface area (Å²) < 4.78 is 4.77. The molecule has 14 heavy (non-hydrogen) atoms. The summed E-state index contributed by atoms with van der Waals surface area (Å²) in [5, 5.41) is 18.8. The van der Waals surface area contributed by atoms with E-state index in [0.29, 0.717) is 5.52 Å². The lowest BCUT2D eigenvalue weighted by molar-refractivity contribution is -0.401. The van der Waals surface area contributed by atoms with Gasteiger partial charge in [-0.25, -0.2) is 4.79 Å². The van der Waals surface area contributed by atoms with Crippen LogP contribution < -0.4 is 0 Å². The van der Waals surface area contributed by atoms with Crippen molar-refractivity contribution in [3.63, 3.8) is 0 Å². The Hall–Kier alpha value is -2.31. The van der Waals surface area contributed by atoms with E-state index in [1.807, 2.05) is 0 Å². The van der Waals surface area contributed by atoms with Crippen LogP contribution in [0.3, 0.4) is 0 Å². The summed E-state index contributed by atoms with van der Waals surface area (Å²) in [6.45, 7) is 0. The summed E-state index contributed by atoms with van der Waals surface area (Å²) in [6, 6.07) is 2.34. The Morgan fingerprint density at radius 2 is 2.29 bits per heavy atom. The predicted molar refractivity (Wildman–Crippen MR) is 44.2 cm³/mol. The van der Waals surface area contributed by atoms with Gasteiger partial charge in [0.05, 0.1) is 11.6 Å². The molecule has 0 atom stereocenters. The summed E-state index contributed by atoms with van der Waals surface area (Å²) in [4.78, 5) is 22.5. The molecule has 2 aromatic heterocycles. The third-order valence-electron chi connectivity index (χ3n) is 1.70. The van der Waals surface area contributed by atoms with Gasteiger partial charge in [-0.3, -0.25) is 10.1 Å². The van der Waals surface area contributed by atoms with Gasteiger partial charge in [0.25, 0.3) is 0 Å². The molecule has 2 N–H and O–H groups in total. The van der Waals surface area contributed by atoms with E-state index in [4.69, 9.17) is 9.52 Å². The summed E-state index contributed by atoms with van der Waals surface area (Å²) in [6.07, 6.45) is 0. The van der Waals surface area contributed by atoms with Crippen molar-refractivity contribution in [1.82, 2.24) is 4.98 Å². The maximum Gasteiger partial charge on any atom is 0.435 e. The van der Waals surface area contributed by atoms with Crippen molar-refractivity contribution in [2.24, 2.45) is 0 Å². The van der Waals surface area contributed by atoms with E-state index >= 15 is 0 Å². The zero-order valence-electron chi connectivity index (χ0n) is 6.68. The molecule has 0 bridgehead atoms. The second-order valence-corrected chi connectivity index (χ2v) is 2.61. The number of rotatable bonds is 2. The van der Waals surface area contributed by atoms with Gasteiger partial charge in [0.2, 0.25) is 0 Å². The molecule has 0 spiro atoms. The zero-order valence-corrected chi connectivity index (χ0v) is 6.68. The van der Waals surface area contributed by atoms with Gasteiger partial charge in [0, 0.05) is 6.07 Å². The third kappa shape index (κ3) is 1.11. The number of aromatic carboxylic acids is 1. The molecule has 2 aromatic rings. The molecule has 0 aromatic carbocycles. The fourth-order valence-corrected chi connectivity index (χ4v) is 1.11. The van der Waals surface area contributed by atoms with Crippen LogP contribution in [0.5, 0.6) is 0 Å². The number of carboxylic acids is 1. The topological polar surface area (TPSA) is 109 Å². The smallest absolute Gasteiger partial charge is 0.435 e. The molecule has 7 nitrogen and oxygen atoms in total. The predicted octanol–water partition coefficient (Wildman–Crippen LogP) is 1.37. The molecule has 7 heteroatoms. The van der Waals surface area contributed by atoms with Crippen LogP contribution in [0, 0.1) is 10.1 Å². The number of nitro groups is 1. The first kappa shape index (κ1) is 8.30. The molecule has 0 radical (unpaired) electrons. The van der Waals surface area contributed by atoms with Gasteiger partial charge in [0.1, 0.15) is 10.6 Å². The van der Waals surface area contributed by atoms with E-state index in [0.717, 1.165) is 6.07 Å². The van der Waals surface area contributed by atoms with Crippen molar-refractivity contribution in [3.05, 3.63) is 27.9 Å². The fourth-order valence-electron chi connectivity index (χ4n) is 1.11. The van der Waals surface area contributed by atoms with Crippen LogP contribution in [0.25, 0.3) is 11.1 Å². The Labute approximate surface area is 76.1 Å². The number of hydrogen-bond acceptors (Lipinski definition) is 4. The SMILES string of the molecule is O=C(O)c1cc2oc([N+](=O)[O-])cc2[nH]1. The lowest BCUT2D eigenvalue weighted by Crippen LogP contribution is -1.95. The minimum atomic E-state index is -1.14. The first-order valence-electron chi connectivity index (χ1n) is 3.58. The van der Waals surface area contributed by atoms with Gasteiger partial charge in [0.15, 0.2) is 5.58 Å². The maximum absolute atomic E-state index is 10.5. The summed E-state index contributed by atoms with van der Waals surface area (Å²) >= 11 is 0. The molecule has 2 rings (SSSR count). The first-order valence-corrected chi connectivity index (χ1v) is 3.58. The van der Waals surface area contributed by atoms with Gasteiger partial charge in [-0.1, -0.05) is 0 Å². The van der Waals surface area contributed by atoms with Crippen LogP contribution in [0.2, 0.25) is 0 Å². The average Bonchev–Trinajstić information content (AvgIpc) is 2.57. The van der Waals surface area contributed by atoms with Crippen molar-refractivity contribution in [3.8, 4) is 0 Å². The van der Waals surface area contributed by atoms with Gasteiger partial charge < -0.3 is 14.5 Å². The number of nitrogens with one attached hydrogen (secondary N) is 1. The molecule has 0 saturated heterocycles. The first-order chi connectivity index (χ1) is 6.58. The minimum absolute atomic E-state index is 0.0614. The highest BCUT2D eigenvalue weighted by Gasteiger charge is 2.17. The molecular formula is C7H4N2O5. The molecule has 0 aliphatic heterocycles. The van der Waals surface area contributed by atoms with E-state index in [2.05, 4.69) is 4.98 Å². The Morgan fingerprint density at radius 3 is 2.79 bits per heavy atom. The van der Waals surface area contributed by atoms with E-state index in [9.17, 15) is 14.9 Å². The largest absolute Gasteiger partial charge is 0.477 e. The van der Waals surface area contributed by atoms with E-state index in [-0.39, 0.29) is 11.3 Å². The second kappa shape index (κ2) is 2.59. The Morgan fingerprint density at radius 1 is 1.57 bits per heavy atom. The molecule has 72 valence electrons. The van der Waals surface area contributed by atoms with Crippen molar-refractivity contribution < 1.29 is 19.2 Å². The average molecular weight is 196 g/mol. The monoisotopic (exact) mass is 196 g/mol. The highest BCUT2D eigenvalue weighted by atomic mass is 16.6. The van der Waals surface area contributed by atoms with Gasteiger partial charge in [-0.15, -0.1) is 0 Å². The fraction of sp³-hybridized carbons (Fsp3) is 0. The quantitative estimate of drug-likeness (QED) is 0.556. The molecular weight excluding hydrogens is 192 g/mol. The van der Waals surface area contributed by atoms with E-state index < -0.39 is 16.8 Å². The second-order valence-electron chi connectivity index (χ2n) is 2.61. The number of fused-ring (bicyclic) bond motifs is 1. The van der Waals surface area contributed by atoms with E-state index in [1.165, 1.54) is 6.07 Å². The molecule has 0 fully saturated rings. The summed E-state index contributed by atoms with van der Waals surface area (Å²) in [7, 11) is 0. The maximum atomic E-state index is 10.5. The number of carboxylic acid groups (broad SMARTS) is 1. The molecule has 0 saturated carbocycles. The molecule has 0 amide bonds. The molecule has 2 heterocycles. The highest BCUT2D eigenvalue weighted by molar-refractivity contribution is 5.92. The van der Waals surface area contributed by atoms with Crippen molar-refractivity contribution >= 4 is 23.0 Å². The van der Waals surface area contributed by atoms with E-state index in [1.54, 1.807) is 0 Å². The van der Waals surface area contributed by atoms with Crippen LogP contribution in [0.4, 0.5) is 5.88 Å². The number of carbonyl (C=O) groups is 1. The lowest BCUT2D eigenvalue weighted by Gasteiger charge is -1.83. The van der Waals surface area contributed by atoms with Crippen molar-refractivity contribution in [2.45, 2.75) is 0 Å². The lowest BCUT2D eigenvalue weighted by atomic mass is 10.4. The van der Waals surface area contributed by atoms with Crippen LogP contribution in [0.15, 0.2) is 16.5 Å². The normalized spacial score (nSPS) is 10.6. The van der Waals surface area contributed by atoms with Crippen LogP contribution >= 0.6 is 0 Å². The number of furan rings is 1. The molecule has 0 aliphatic rings. The minimum Gasteiger partial charge on any atom is -0.477 e. The van der Waals surface area contributed by atoms with Crippen LogP contribution in [-0.2, 0) is 0 Å².